The molecule has 2 aromatic heterocycles. The van der Waals surface area contributed by atoms with Crippen molar-refractivity contribution in [2.24, 2.45) is 5.92 Å². The lowest BCUT2D eigenvalue weighted by Gasteiger charge is -2.20. The second kappa shape index (κ2) is 8.90. The fraction of sp³-hybridized carbons (Fsp3) is 0.500. The van der Waals surface area contributed by atoms with Crippen LogP contribution in [-0.4, -0.2) is 46.1 Å². The van der Waals surface area contributed by atoms with E-state index in [0.29, 0.717) is 43.0 Å². The Bertz CT molecular complexity index is 774. The molecular weight excluding hydrogens is 344 g/mol. The molecule has 0 aromatic carbocycles. The lowest BCUT2D eigenvalue weighted by atomic mass is 10.1. The van der Waals surface area contributed by atoms with Gasteiger partial charge in [0.15, 0.2) is 5.82 Å². The summed E-state index contributed by atoms with van der Waals surface area (Å²) in [6.45, 7) is 5.34. The van der Waals surface area contributed by atoms with Crippen molar-refractivity contribution in [3.63, 3.8) is 0 Å². The predicted molar refractivity (Wildman–Crippen MR) is 101 cm³/mol. The van der Waals surface area contributed by atoms with Crippen LogP contribution in [0.2, 0.25) is 0 Å². The summed E-state index contributed by atoms with van der Waals surface area (Å²) in [5.41, 5.74) is 2.25. The van der Waals surface area contributed by atoms with Gasteiger partial charge in [-0.1, -0.05) is 6.07 Å². The van der Waals surface area contributed by atoms with E-state index in [1.807, 2.05) is 32.0 Å². The number of ether oxygens (including phenoxy) is 2. The largest absolute Gasteiger partial charge is 0.416 e. The molecule has 1 saturated carbocycles. The third-order valence-corrected chi connectivity index (χ3v) is 4.63. The van der Waals surface area contributed by atoms with Crippen molar-refractivity contribution in [3.8, 4) is 17.4 Å². The maximum atomic E-state index is 12.5. The summed E-state index contributed by atoms with van der Waals surface area (Å²) in [5.74, 6) is 1.35. The molecule has 1 amide bonds. The molecule has 3 rings (SSSR count). The first-order valence-electron chi connectivity index (χ1n) is 9.43. The molecule has 7 heteroatoms. The molecule has 0 N–H and O–H groups in total. The maximum absolute atomic E-state index is 12.5. The van der Waals surface area contributed by atoms with Gasteiger partial charge < -0.3 is 14.4 Å². The zero-order valence-electron chi connectivity index (χ0n) is 16.1. The summed E-state index contributed by atoms with van der Waals surface area (Å²) in [7, 11) is 1.63. The van der Waals surface area contributed by atoms with Crippen molar-refractivity contribution in [2.75, 3.05) is 20.2 Å². The normalized spacial score (nSPS) is 13.4. The van der Waals surface area contributed by atoms with Gasteiger partial charge in [-0.15, -0.1) is 0 Å². The second-order valence-corrected chi connectivity index (χ2v) is 6.61. The predicted octanol–water partition coefficient (Wildman–Crippen LogP) is 3.48. The van der Waals surface area contributed by atoms with E-state index in [2.05, 4.69) is 15.0 Å². The van der Waals surface area contributed by atoms with Gasteiger partial charge in [0.05, 0.1) is 12.3 Å². The Morgan fingerprint density at radius 3 is 2.59 bits per heavy atom. The number of carbonyl (C=O) groups excluding carboxylic acids is 1. The van der Waals surface area contributed by atoms with Gasteiger partial charge in [0.1, 0.15) is 5.69 Å². The summed E-state index contributed by atoms with van der Waals surface area (Å²) < 4.78 is 11.1. The molecule has 1 aliphatic rings. The van der Waals surface area contributed by atoms with E-state index in [-0.39, 0.29) is 0 Å². The SMILES string of the molecule is CCN(CC)C(=O)Oc1nc(-c2ccccn2)nc(COC)c1CC1CC1. The maximum Gasteiger partial charge on any atom is 0.416 e. The van der Waals surface area contributed by atoms with E-state index in [9.17, 15) is 4.79 Å². The number of hydrogen-bond acceptors (Lipinski definition) is 6. The van der Waals surface area contributed by atoms with Crippen LogP contribution in [0.3, 0.4) is 0 Å². The van der Waals surface area contributed by atoms with E-state index in [0.717, 1.165) is 17.7 Å². The third kappa shape index (κ3) is 4.80. The molecule has 0 radical (unpaired) electrons. The number of carbonyl (C=O) groups is 1. The van der Waals surface area contributed by atoms with Crippen LogP contribution in [0.15, 0.2) is 24.4 Å². The molecule has 0 atom stereocenters. The van der Waals surface area contributed by atoms with Crippen molar-refractivity contribution in [2.45, 2.75) is 39.7 Å². The first-order valence-corrected chi connectivity index (χ1v) is 9.43. The molecule has 7 nitrogen and oxygen atoms in total. The summed E-state index contributed by atoms with van der Waals surface area (Å²) in [6, 6.07) is 5.55. The molecule has 144 valence electrons. The van der Waals surface area contributed by atoms with Gasteiger partial charge in [0, 0.05) is 32.0 Å². The molecule has 0 bridgehead atoms. The molecular formula is C20H26N4O3. The number of nitrogens with zero attached hydrogens (tertiary/aromatic N) is 4. The van der Waals surface area contributed by atoms with E-state index >= 15 is 0 Å². The number of rotatable bonds is 8. The summed E-state index contributed by atoms with van der Waals surface area (Å²) in [6.07, 6.45) is 4.44. The van der Waals surface area contributed by atoms with E-state index in [1.165, 1.54) is 12.8 Å². The highest BCUT2D eigenvalue weighted by molar-refractivity contribution is 5.71. The highest BCUT2D eigenvalue weighted by Gasteiger charge is 2.28. The topological polar surface area (TPSA) is 77.4 Å². The van der Waals surface area contributed by atoms with Crippen molar-refractivity contribution in [1.82, 2.24) is 19.9 Å². The lowest BCUT2D eigenvalue weighted by Crippen LogP contribution is -2.33. The lowest BCUT2D eigenvalue weighted by molar-refractivity contribution is 0.154. The van der Waals surface area contributed by atoms with Gasteiger partial charge in [0.25, 0.3) is 0 Å². The second-order valence-electron chi connectivity index (χ2n) is 6.61. The third-order valence-electron chi connectivity index (χ3n) is 4.63. The van der Waals surface area contributed by atoms with Gasteiger partial charge >= 0.3 is 6.09 Å². The summed E-state index contributed by atoms with van der Waals surface area (Å²) in [4.78, 5) is 27.7. The minimum absolute atomic E-state index is 0.321. The van der Waals surface area contributed by atoms with Crippen LogP contribution in [-0.2, 0) is 17.8 Å². The Hall–Kier alpha value is -2.54. The Morgan fingerprint density at radius 2 is 2.00 bits per heavy atom. The molecule has 0 saturated heterocycles. The molecule has 2 aromatic rings. The van der Waals surface area contributed by atoms with Crippen LogP contribution < -0.4 is 4.74 Å². The smallest absolute Gasteiger partial charge is 0.391 e. The Labute approximate surface area is 159 Å². The fourth-order valence-electron chi connectivity index (χ4n) is 2.90. The highest BCUT2D eigenvalue weighted by atomic mass is 16.6. The van der Waals surface area contributed by atoms with Crippen molar-refractivity contribution < 1.29 is 14.3 Å². The van der Waals surface area contributed by atoms with Crippen molar-refractivity contribution in [3.05, 3.63) is 35.7 Å². The number of methoxy groups -OCH3 is 1. The Morgan fingerprint density at radius 1 is 1.22 bits per heavy atom. The quantitative estimate of drug-likeness (QED) is 0.708. The monoisotopic (exact) mass is 370 g/mol. The standard InChI is InChI=1S/C20H26N4O3/c1-4-24(5-2)20(25)27-19-15(12-14-9-10-14)17(13-26-3)22-18(23-19)16-8-6-7-11-21-16/h6-8,11,14H,4-5,9-10,12-13H2,1-3H3. The van der Waals surface area contributed by atoms with Gasteiger partial charge in [-0.3, -0.25) is 4.98 Å². The number of amides is 1. The van der Waals surface area contributed by atoms with Gasteiger partial charge in [0.2, 0.25) is 5.88 Å². The molecule has 0 unspecified atom stereocenters. The molecule has 27 heavy (non-hydrogen) atoms. The molecule has 2 heterocycles. The number of aromatic nitrogens is 3. The number of hydrogen-bond donors (Lipinski definition) is 0. The molecule has 0 spiro atoms. The first kappa shape index (κ1) is 19.2. The fourth-order valence-corrected chi connectivity index (χ4v) is 2.90. The Kier molecular flexibility index (Phi) is 6.34. The zero-order valence-corrected chi connectivity index (χ0v) is 16.1. The number of pyridine rings is 1. The van der Waals surface area contributed by atoms with Gasteiger partial charge in [-0.25, -0.2) is 9.78 Å². The molecule has 1 aliphatic carbocycles. The summed E-state index contributed by atoms with van der Waals surface area (Å²) in [5, 5.41) is 0. The van der Waals surface area contributed by atoms with E-state index in [4.69, 9.17) is 9.47 Å². The van der Waals surface area contributed by atoms with Crippen LogP contribution >= 0.6 is 0 Å². The first-order chi connectivity index (χ1) is 13.2. The highest BCUT2D eigenvalue weighted by Crippen LogP contribution is 2.36. The van der Waals surface area contributed by atoms with Gasteiger partial charge in [-0.05, 0) is 51.2 Å². The van der Waals surface area contributed by atoms with Crippen LogP contribution in [0.5, 0.6) is 5.88 Å². The van der Waals surface area contributed by atoms with E-state index in [1.54, 1.807) is 18.2 Å². The van der Waals surface area contributed by atoms with Crippen LogP contribution in [0.25, 0.3) is 11.5 Å². The molecule has 1 fully saturated rings. The van der Waals surface area contributed by atoms with E-state index < -0.39 is 6.09 Å². The van der Waals surface area contributed by atoms with Crippen molar-refractivity contribution in [1.29, 1.82) is 0 Å². The van der Waals surface area contributed by atoms with Crippen LogP contribution in [0.1, 0.15) is 37.9 Å². The van der Waals surface area contributed by atoms with Gasteiger partial charge in [-0.2, -0.15) is 4.98 Å². The average Bonchev–Trinajstić information content (AvgIpc) is 3.50. The van der Waals surface area contributed by atoms with Crippen LogP contribution in [0, 0.1) is 5.92 Å². The zero-order chi connectivity index (χ0) is 19.2. The van der Waals surface area contributed by atoms with Crippen molar-refractivity contribution >= 4 is 6.09 Å². The van der Waals surface area contributed by atoms with Crippen LogP contribution in [0.4, 0.5) is 4.79 Å². The minimum Gasteiger partial charge on any atom is -0.391 e. The minimum atomic E-state index is -0.397. The average molecular weight is 370 g/mol. The molecule has 0 aliphatic heterocycles. The summed E-state index contributed by atoms with van der Waals surface area (Å²) >= 11 is 0. The Balaban J connectivity index is 2.02.